The van der Waals surface area contributed by atoms with Crippen LogP contribution in [0.4, 0.5) is 0 Å². The highest BCUT2D eigenvalue weighted by molar-refractivity contribution is 7.46. The van der Waals surface area contributed by atoms with Gasteiger partial charge in [-0.1, -0.05) is 0 Å². The molecule has 0 aromatic carbocycles. The van der Waals surface area contributed by atoms with Gasteiger partial charge in [0.25, 0.3) is 0 Å². The van der Waals surface area contributed by atoms with Crippen LogP contribution in [0, 0.1) is 0 Å². The van der Waals surface area contributed by atoms with Gasteiger partial charge < -0.3 is 56.1 Å². The number of cyclic esters (lactones) is 1. The van der Waals surface area contributed by atoms with Crippen molar-refractivity contribution in [1.29, 1.82) is 0 Å². The Kier molecular flexibility index (Phi) is 14.9. The number of nitrogens with one attached hydrogen (secondary N) is 4. The highest BCUT2D eigenvalue weighted by Crippen LogP contribution is 2.39. The molecule has 0 bridgehead atoms. The van der Waals surface area contributed by atoms with Gasteiger partial charge in [0.1, 0.15) is 12.1 Å². The Morgan fingerprint density at radius 3 is 2.39 bits per heavy atom. The van der Waals surface area contributed by atoms with Crippen molar-refractivity contribution >= 4 is 49.2 Å². The van der Waals surface area contributed by atoms with Crippen LogP contribution < -0.4 is 21.7 Å². The molecule has 5 atom stereocenters. The second-order valence-corrected chi connectivity index (χ2v) is 11.0. The minimum atomic E-state index is -5.27. The topological polar surface area (TPSA) is 336 Å². The van der Waals surface area contributed by atoms with Gasteiger partial charge >= 0.3 is 25.7 Å². The molecule has 256 valence electrons. The summed E-state index contributed by atoms with van der Waals surface area (Å²) >= 11 is 0. The van der Waals surface area contributed by atoms with Crippen LogP contribution >= 0.6 is 7.82 Å². The van der Waals surface area contributed by atoms with E-state index in [0.29, 0.717) is 25.1 Å². The number of carbonyl (C=O) groups excluding carboxylic acids is 6. The molecular weight excluding hydrogens is 643 g/mol. The smallest absolute Gasteiger partial charge is 0.470 e. The lowest BCUT2D eigenvalue weighted by atomic mass is 10.1. The number of aromatic amines is 1. The first kappa shape index (κ1) is 37.9. The van der Waals surface area contributed by atoms with E-state index in [-0.39, 0.29) is 12.8 Å². The lowest BCUT2D eigenvalue weighted by Gasteiger charge is -2.21. The molecule has 2 rings (SSSR count). The van der Waals surface area contributed by atoms with Gasteiger partial charge in [-0.2, -0.15) is 0 Å². The second kappa shape index (κ2) is 18.0. The first-order valence-corrected chi connectivity index (χ1v) is 15.2. The normalized spacial score (nSPS) is 18.2. The molecule has 1 saturated heterocycles. The lowest BCUT2D eigenvalue weighted by molar-refractivity contribution is -0.166. The maximum atomic E-state index is 12.9. The van der Waals surface area contributed by atoms with Crippen LogP contribution in [-0.2, 0) is 58.5 Å². The number of carboxylic acids is 1. The molecule has 1 fully saturated rings. The first-order chi connectivity index (χ1) is 21.6. The average Bonchev–Trinajstić information content (AvgIpc) is 3.59. The third-order valence-electron chi connectivity index (χ3n) is 6.23. The van der Waals surface area contributed by atoms with E-state index in [0.717, 1.165) is 0 Å². The zero-order valence-electron chi connectivity index (χ0n) is 24.2. The molecule has 0 spiro atoms. The molecule has 1 aliphatic rings. The second-order valence-electron chi connectivity index (χ2n) is 9.81. The SMILES string of the molecule is NCCCC[C@H](NC(=O)[C@H](Cc1cnc[nH]1)NC(=O)CNC(=O)CCC(=O)OC(CO)C1OC(=O)C(OP(=O)(O)O)C1=O)C(=O)O. The van der Waals surface area contributed by atoms with Crippen molar-refractivity contribution in [2.24, 2.45) is 5.73 Å². The summed E-state index contributed by atoms with van der Waals surface area (Å²) < 4.78 is 24.5. The van der Waals surface area contributed by atoms with E-state index in [9.17, 15) is 48.3 Å². The van der Waals surface area contributed by atoms with Crippen LogP contribution in [0.2, 0.25) is 0 Å². The maximum absolute atomic E-state index is 12.9. The van der Waals surface area contributed by atoms with Gasteiger partial charge in [0.05, 0.1) is 25.9 Å². The zero-order valence-corrected chi connectivity index (χ0v) is 25.1. The van der Waals surface area contributed by atoms with Crippen LogP contribution in [-0.4, -0.2) is 121 Å². The number of hydrogen-bond donors (Lipinski definition) is 9. The summed E-state index contributed by atoms with van der Waals surface area (Å²) in [6.07, 6.45) is -3.47. The molecule has 21 nitrogen and oxygen atoms in total. The van der Waals surface area contributed by atoms with Crippen LogP contribution in [0.1, 0.15) is 37.8 Å². The van der Waals surface area contributed by atoms with Crippen LogP contribution in [0.15, 0.2) is 12.5 Å². The van der Waals surface area contributed by atoms with Gasteiger partial charge in [0.15, 0.2) is 6.10 Å². The van der Waals surface area contributed by atoms with Crippen molar-refractivity contribution in [3.63, 3.8) is 0 Å². The molecule has 0 saturated carbocycles. The predicted octanol–water partition coefficient (Wildman–Crippen LogP) is -4.09. The Labute approximate surface area is 260 Å². The number of esters is 2. The summed E-state index contributed by atoms with van der Waals surface area (Å²) in [6.45, 7) is -1.35. The quantitative estimate of drug-likeness (QED) is 0.0274. The van der Waals surface area contributed by atoms with E-state index in [1.807, 2.05) is 0 Å². The molecule has 1 aliphatic heterocycles. The molecule has 46 heavy (non-hydrogen) atoms. The lowest BCUT2D eigenvalue weighted by Crippen LogP contribution is -2.54. The van der Waals surface area contributed by atoms with Gasteiger partial charge in [-0.25, -0.2) is 19.1 Å². The van der Waals surface area contributed by atoms with Crippen molar-refractivity contribution in [2.45, 2.75) is 68.9 Å². The van der Waals surface area contributed by atoms with Gasteiger partial charge in [-0.15, -0.1) is 0 Å². The summed E-state index contributed by atoms with van der Waals surface area (Å²) in [5.74, 6) is -7.67. The summed E-state index contributed by atoms with van der Waals surface area (Å²) in [7, 11) is -5.27. The van der Waals surface area contributed by atoms with Gasteiger partial charge in [0, 0.05) is 24.7 Å². The van der Waals surface area contributed by atoms with Crippen molar-refractivity contribution in [3.8, 4) is 0 Å². The number of hydrogen-bond acceptors (Lipinski definition) is 14. The Hall–Kier alpha value is -4.27. The molecule has 2 heterocycles. The number of phosphoric acid groups is 1. The number of imidazole rings is 1. The van der Waals surface area contributed by atoms with Gasteiger partial charge in [0.2, 0.25) is 35.7 Å². The molecule has 1 aromatic rings. The number of H-pyrrole nitrogens is 1. The minimum absolute atomic E-state index is 0.0937. The van der Waals surface area contributed by atoms with Crippen LogP contribution in [0.25, 0.3) is 0 Å². The van der Waals surface area contributed by atoms with E-state index in [2.05, 4.69) is 35.2 Å². The third kappa shape index (κ3) is 12.6. The Balaban J connectivity index is 1.87. The maximum Gasteiger partial charge on any atom is 0.470 e. The van der Waals surface area contributed by atoms with Crippen LogP contribution in [0.5, 0.6) is 0 Å². The minimum Gasteiger partial charge on any atom is -0.480 e. The van der Waals surface area contributed by atoms with Gasteiger partial charge in [-0.05, 0) is 25.8 Å². The summed E-state index contributed by atoms with van der Waals surface area (Å²) in [5, 5.41) is 25.9. The number of aromatic nitrogens is 2. The number of amides is 3. The summed E-state index contributed by atoms with van der Waals surface area (Å²) in [6, 6.07) is -2.50. The van der Waals surface area contributed by atoms with Crippen LogP contribution in [0.3, 0.4) is 0 Å². The fourth-order valence-electron chi connectivity index (χ4n) is 4.00. The average molecular weight is 679 g/mol. The van der Waals surface area contributed by atoms with E-state index in [1.165, 1.54) is 12.5 Å². The number of nitrogens with zero attached hydrogens (tertiary/aromatic N) is 1. The Bertz CT molecular complexity index is 1300. The predicted molar refractivity (Wildman–Crippen MR) is 148 cm³/mol. The number of carbonyl (C=O) groups is 7. The molecule has 0 radical (unpaired) electrons. The summed E-state index contributed by atoms with van der Waals surface area (Å²) in [4.78, 5) is 110. The molecule has 3 amide bonds. The van der Waals surface area contributed by atoms with E-state index < -0.39 is 106 Å². The number of phosphoric ester groups is 1. The summed E-state index contributed by atoms with van der Waals surface area (Å²) in [5.41, 5.74) is 5.87. The number of ether oxygens (including phenoxy) is 2. The highest BCUT2D eigenvalue weighted by Gasteiger charge is 2.51. The highest BCUT2D eigenvalue weighted by atomic mass is 31.2. The van der Waals surface area contributed by atoms with Crippen molar-refractivity contribution in [1.82, 2.24) is 25.9 Å². The number of unbranched alkanes of at least 4 members (excludes halogenated alkanes) is 1. The fourth-order valence-corrected chi connectivity index (χ4v) is 4.47. The first-order valence-electron chi connectivity index (χ1n) is 13.7. The molecular formula is C24H35N6O15P. The monoisotopic (exact) mass is 678 g/mol. The van der Waals surface area contributed by atoms with Crippen molar-refractivity contribution < 1.29 is 72.1 Å². The van der Waals surface area contributed by atoms with E-state index in [1.54, 1.807) is 0 Å². The molecule has 1 aromatic heterocycles. The molecule has 3 unspecified atom stereocenters. The number of rotatable bonds is 20. The van der Waals surface area contributed by atoms with E-state index in [4.69, 9.17) is 20.3 Å². The largest absolute Gasteiger partial charge is 0.480 e. The molecule has 10 N–H and O–H groups in total. The molecule has 0 aliphatic carbocycles. The number of Topliss-reactive ketones (excluding diaryl/α,β-unsaturated/α-hetero) is 1. The number of aliphatic hydroxyl groups is 1. The Morgan fingerprint density at radius 2 is 1.80 bits per heavy atom. The number of aliphatic hydroxyl groups excluding tert-OH is 1. The van der Waals surface area contributed by atoms with Gasteiger partial charge in [-0.3, -0.25) is 28.5 Å². The number of nitrogens with two attached hydrogens (primary N) is 1. The van der Waals surface area contributed by atoms with Crippen molar-refractivity contribution in [2.75, 3.05) is 19.7 Å². The standard InChI is InChI=1S/C24H35N6O15P/c25-6-2-1-3-13(23(37)38)30-22(36)14(7-12-8-26-11-28-12)29-17(33)9-27-16(32)4-5-18(34)43-15(10-31)20-19(35)21(24(39)44-20)45-46(40,41)42/h8,11,13-15,20-21,31H,1-7,9-10,25H2,(H,26,28)(H,27,32)(H,29,33)(H,30,36)(H,37,38)(H2,40,41,42)/t13-,14-,15?,20?,21?/m0/s1. The number of aliphatic carboxylic acids is 1. The zero-order chi connectivity index (χ0) is 34.4. The van der Waals surface area contributed by atoms with E-state index >= 15 is 0 Å². The molecule has 22 heteroatoms. The fraction of sp³-hybridized carbons (Fsp3) is 0.583. The van der Waals surface area contributed by atoms with Crippen molar-refractivity contribution in [3.05, 3.63) is 18.2 Å². The number of carboxylic acid groups (broad SMARTS) is 1. The Morgan fingerprint density at radius 1 is 1.09 bits per heavy atom. The third-order valence-corrected chi connectivity index (χ3v) is 6.72. The number of ketones is 1.